The van der Waals surface area contributed by atoms with Crippen molar-refractivity contribution < 1.29 is 14.7 Å². The van der Waals surface area contributed by atoms with E-state index in [1.807, 2.05) is 0 Å². The van der Waals surface area contributed by atoms with Crippen LogP contribution in [0.4, 0.5) is 5.69 Å². The minimum atomic E-state index is -0.650. The highest BCUT2D eigenvalue weighted by molar-refractivity contribution is 6.56. The Labute approximate surface area is 108 Å². The number of aliphatic hydroxyl groups is 1. The van der Waals surface area contributed by atoms with Gasteiger partial charge in [-0.25, -0.2) is 0 Å². The Hall–Kier alpha value is -1.10. The number of anilines is 1. The van der Waals surface area contributed by atoms with E-state index in [4.69, 9.17) is 28.3 Å². The maximum Gasteiger partial charge on any atom is 0.299 e. The molecule has 1 aliphatic heterocycles. The van der Waals surface area contributed by atoms with Gasteiger partial charge in [-0.15, -0.1) is 0 Å². The van der Waals surface area contributed by atoms with Gasteiger partial charge in [0.05, 0.1) is 21.3 Å². The lowest BCUT2D eigenvalue weighted by atomic mass is 10.1. The van der Waals surface area contributed by atoms with Crippen LogP contribution in [0.5, 0.6) is 0 Å². The molecular weight excluding hydrogens is 265 g/mol. The molecule has 6 heteroatoms. The smallest absolute Gasteiger partial charge is 0.299 e. The first-order valence-electron chi connectivity index (χ1n) is 5.03. The van der Waals surface area contributed by atoms with Crippen LogP contribution in [0.1, 0.15) is 16.8 Å². The lowest BCUT2D eigenvalue weighted by Gasteiger charge is -2.16. The molecule has 0 unspecified atom stereocenters. The lowest BCUT2D eigenvalue weighted by molar-refractivity contribution is -0.114. The summed E-state index contributed by atoms with van der Waals surface area (Å²) in [7, 11) is 0. The maximum absolute atomic E-state index is 11.8. The van der Waals surface area contributed by atoms with Gasteiger partial charge < -0.3 is 10.0 Å². The van der Waals surface area contributed by atoms with Crippen LogP contribution >= 0.6 is 23.2 Å². The number of aliphatic hydroxyl groups excluding tert-OH is 1. The molecular formula is C11H9Cl2NO3. The highest BCUT2D eigenvalue weighted by atomic mass is 35.5. The lowest BCUT2D eigenvalue weighted by Crippen LogP contribution is -2.31. The highest BCUT2D eigenvalue weighted by Crippen LogP contribution is 2.39. The number of hydrogen-bond donors (Lipinski definition) is 1. The summed E-state index contributed by atoms with van der Waals surface area (Å²) in [5, 5.41) is 9.29. The molecule has 0 aromatic heterocycles. The molecule has 1 heterocycles. The van der Waals surface area contributed by atoms with Crippen molar-refractivity contribution in [3.8, 4) is 0 Å². The first-order chi connectivity index (χ1) is 8.07. The number of hydrogen-bond acceptors (Lipinski definition) is 3. The molecule has 0 atom stereocenters. The number of ketones is 1. The Morgan fingerprint density at radius 3 is 2.47 bits per heavy atom. The van der Waals surface area contributed by atoms with E-state index in [0.717, 1.165) is 0 Å². The van der Waals surface area contributed by atoms with E-state index < -0.39 is 11.7 Å². The van der Waals surface area contributed by atoms with Crippen molar-refractivity contribution >= 4 is 40.6 Å². The number of nitrogens with zero attached hydrogens (tertiary/aromatic N) is 1. The number of amides is 1. The van der Waals surface area contributed by atoms with Crippen LogP contribution in [0, 0.1) is 0 Å². The van der Waals surface area contributed by atoms with Crippen LogP contribution < -0.4 is 4.90 Å². The molecule has 0 spiro atoms. The van der Waals surface area contributed by atoms with Crippen LogP contribution in [0.2, 0.25) is 10.0 Å². The molecule has 0 radical (unpaired) electrons. The molecule has 1 N–H and O–H groups in total. The van der Waals surface area contributed by atoms with Gasteiger partial charge in [-0.2, -0.15) is 0 Å². The van der Waals surface area contributed by atoms with E-state index in [-0.39, 0.29) is 23.7 Å². The van der Waals surface area contributed by atoms with Crippen LogP contribution in [-0.4, -0.2) is 29.9 Å². The fourth-order valence-corrected chi connectivity index (χ4v) is 2.29. The summed E-state index contributed by atoms with van der Waals surface area (Å²) in [5.41, 5.74) is 0.504. The Bertz CT molecular complexity index is 502. The summed E-state index contributed by atoms with van der Waals surface area (Å²) in [6.07, 6.45) is 0.376. The zero-order chi connectivity index (χ0) is 12.6. The van der Waals surface area contributed by atoms with Crippen LogP contribution in [0.25, 0.3) is 0 Å². The van der Waals surface area contributed by atoms with Crippen molar-refractivity contribution in [3.63, 3.8) is 0 Å². The Morgan fingerprint density at radius 1 is 1.18 bits per heavy atom. The van der Waals surface area contributed by atoms with Crippen molar-refractivity contribution in [1.29, 1.82) is 0 Å². The van der Waals surface area contributed by atoms with Gasteiger partial charge in [0.1, 0.15) is 0 Å². The van der Waals surface area contributed by atoms with Crippen molar-refractivity contribution in [2.24, 2.45) is 0 Å². The predicted molar refractivity (Wildman–Crippen MR) is 64.8 cm³/mol. The third-order valence-electron chi connectivity index (χ3n) is 2.55. The van der Waals surface area contributed by atoms with E-state index in [2.05, 4.69) is 0 Å². The van der Waals surface area contributed by atoms with Crippen LogP contribution in [0.3, 0.4) is 0 Å². The monoisotopic (exact) mass is 273 g/mol. The average Bonchev–Trinajstić information content (AvgIpc) is 2.56. The molecule has 0 saturated carbocycles. The van der Waals surface area contributed by atoms with Gasteiger partial charge in [0.2, 0.25) is 0 Å². The van der Waals surface area contributed by atoms with Crippen molar-refractivity contribution in [2.45, 2.75) is 6.42 Å². The number of carbonyl (C=O) groups is 2. The molecule has 0 aliphatic carbocycles. The zero-order valence-electron chi connectivity index (χ0n) is 8.74. The molecule has 17 heavy (non-hydrogen) atoms. The Kier molecular flexibility index (Phi) is 3.38. The minimum absolute atomic E-state index is 0.0640. The second kappa shape index (κ2) is 4.64. The quantitative estimate of drug-likeness (QED) is 0.856. The Balaban J connectivity index is 2.52. The fraction of sp³-hybridized carbons (Fsp3) is 0.273. The molecule has 0 saturated heterocycles. The first-order valence-corrected chi connectivity index (χ1v) is 5.78. The zero-order valence-corrected chi connectivity index (χ0v) is 10.3. The molecule has 1 amide bonds. The van der Waals surface area contributed by atoms with Gasteiger partial charge in [-0.1, -0.05) is 23.2 Å². The first kappa shape index (κ1) is 12.4. The maximum atomic E-state index is 11.8. The number of rotatable bonds is 3. The van der Waals surface area contributed by atoms with E-state index in [1.165, 1.54) is 11.0 Å². The number of carbonyl (C=O) groups excluding carboxylic acids is 2. The fourth-order valence-electron chi connectivity index (χ4n) is 1.79. The topological polar surface area (TPSA) is 57.6 Å². The van der Waals surface area contributed by atoms with Crippen LogP contribution in [0.15, 0.2) is 12.1 Å². The van der Waals surface area contributed by atoms with E-state index >= 15 is 0 Å². The molecule has 90 valence electrons. The molecule has 2 rings (SSSR count). The van der Waals surface area contributed by atoms with Gasteiger partial charge in [0.25, 0.3) is 11.7 Å². The average molecular weight is 274 g/mol. The number of fused-ring (bicyclic) bond motifs is 1. The van der Waals surface area contributed by atoms with Crippen molar-refractivity contribution in [1.82, 2.24) is 0 Å². The summed E-state index contributed by atoms with van der Waals surface area (Å²) in [6, 6.07) is 3.03. The Morgan fingerprint density at radius 2 is 1.82 bits per heavy atom. The number of benzene rings is 1. The second-order valence-corrected chi connectivity index (χ2v) is 4.43. The summed E-state index contributed by atoms with van der Waals surface area (Å²) >= 11 is 11.9. The predicted octanol–water partition coefficient (Wildman–Crippen LogP) is 1.91. The van der Waals surface area contributed by atoms with Gasteiger partial charge >= 0.3 is 0 Å². The molecule has 4 nitrogen and oxygen atoms in total. The van der Waals surface area contributed by atoms with Crippen molar-refractivity contribution in [3.05, 3.63) is 27.7 Å². The summed E-state index contributed by atoms with van der Waals surface area (Å²) in [6.45, 7) is 0.180. The third kappa shape index (κ3) is 1.92. The molecule has 1 aliphatic rings. The molecule has 1 aromatic carbocycles. The van der Waals surface area contributed by atoms with Gasteiger partial charge in [0.15, 0.2) is 0 Å². The second-order valence-electron chi connectivity index (χ2n) is 3.62. The molecule has 0 fully saturated rings. The van der Waals surface area contributed by atoms with Gasteiger partial charge in [-0.05, 0) is 18.6 Å². The standard InChI is InChI=1S/C11H9Cl2NO3/c12-6-2-3-7(13)9-8(6)10(16)11(17)14(9)4-1-5-15/h2-3,15H,1,4-5H2. The SMILES string of the molecule is O=C1C(=O)N(CCCO)c2c(Cl)ccc(Cl)c21. The van der Waals surface area contributed by atoms with Gasteiger partial charge in [-0.3, -0.25) is 9.59 Å². The van der Waals surface area contributed by atoms with E-state index in [0.29, 0.717) is 17.1 Å². The summed E-state index contributed by atoms with van der Waals surface area (Å²) in [4.78, 5) is 24.8. The summed E-state index contributed by atoms with van der Waals surface area (Å²) in [5.74, 6) is -1.30. The third-order valence-corrected chi connectivity index (χ3v) is 3.17. The van der Waals surface area contributed by atoms with Crippen molar-refractivity contribution in [2.75, 3.05) is 18.1 Å². The summed E-state index contributed by atoms with van der Waals surface area (Å²) < 4.78 is 0. The molecule has 0 bridgehead atoms. The minimum Gasteiger partial charge on any atom is -0.396 e. The van der Waals surface area contributed by atoms with E-state index in [1.54, 1.807) is 6.07 Å². The highest BCUT2D eigenvalue weighted by Gasteiger charge is 2.38. The van der Waals surface area contributed by atoms with Gasteiger partial charge in [0, 0.05) is 13.2 Å². The molecule has 1 aromatic rings. The largest absolute Gasteiger partial charge is 0.396 e. The normalized spacial score (nSPS) is 14.4. The van der Waals surface area contributed by atoms with Crippen LogP contribution in [-0.2, 0) is 4.79 Å². The van der Waals surface area contributed by atoms with E-state index in [9.17, 15) is 9.59 Å². The number of halogens is 2. The number of Topliss-reactive ketones (excluding diaryl/α,β-unsaturated/α-hetero) is 1.